The number of amides is 3. The highest BCUT2D eigenvalue weighted by atomic mass is 19.4. The van der Waals surface area contributed by atoms with Crippen molar-refractivity contribution in [2.45, 2.75) is 6.18 Å². The largest absolute Gasteiger partial charge is 0.465 e. The van der Waals surface area contributed by atoms with Crippen molar-refractivity contribution >= 4 is 35.2 Å². The van der Waals surface area contributed by atoms with Gasteiger partial charge >= 0.3 is 24.3 Å². The summed E-state index contributed by atoms with van der Waals surface area (Å²) >= 11 is 0. The highest BCUT2D eigenvalue weighted by molar-refractivity contribution is 6.04. The molecule has 0 atom stereocenters. The van der Waals surface area contributed by atoms with Gasteiger partial charge in [0.2, 0.25) is 0 Å². The molecule has 0 saturated carbocycles. The van der Waals surface area contributed by atoms with E-state index in [1.807, 2.05) is 0 Å². The first-order valence-corrected chi connectivity index (χ1v) is 9.61. The molecule has 0 aliphatic heterocycles. The molecule has 11 heteroatoms. The molecule has 0 aliphatic carbocycles. The fourth-order valence-corrected chi connectivity index (χ4v) is 3.28. The second-order valence-corrected chi connectivity index (χ2v) is 6.96. The van der Waals surface area contributed by atoms with Gasteiger partial charge in [-0.05, 0) is 53.6 Å². The molecule has 8 nitrogen and oxygen atoms in total. The molecule has 0 bridgehead atoms. The minimum Gasteiger partial charge on any atom is -0.465 e. The summed E-state index contributed by atoms with van der Waals surface area (Å²) in [5.74, 6) is -0.577. The van der Waals surface area contributed by atoms with Crippen molar-refractivity contribution in [3.05, 3.63) is 77.9 Å². The number of methoxy groups -OCH3 is 1. The number of carbonyl (C=O) groups excluding carboxylic acids is 2. The zero-order valence-electron chi connectivity index (χ0n) is 17.6. The van der Waals surface area contributed by atoms with E-state index in [2.05, 4.69) is 5.32 Å². The smallest absolute Gasteiger partial charge is 0.416 e. The molecule has 3 aromatic rings. The average Bonchev–Trinajstić information content (AvgIpc) is 2.79. The quantitative estimate of drug-likeness (QED) is 0.425. The standard InChI is InChI=1S/C23H18F3N3O5/c1-34-20(30)15-5-2-4-13(10-15)14-8-9-19(18(11-14)28-22(32)33)29(21(27)31)17-7-3-6-16(12-17)23(24,25)26/h2-12,28H,1H3,(H2,27,31)(H,32,33). The molecule has 176 valence electrons. The minimum atomic E-state index is -4.67. The van der Waals surface area contributed by atoms with E-state index >= 15 is 0 Å². The molecular formula is C23H18F3N3O5. The predicted molar refractivity (Wildman–Crippen MR) is 118 cm³/mol. The Labute approximate surface area is 191 Å². The summed E-state index contributed by atoms with van der Waals surface area (Å²) in [6, 6.07) is 13.3. The lowest BCUT2D eigenvalue weighted by Crippen LogP contribution is -2.32. The topological polar surface area (TPSA) is 122 Å². The van der Waals surface area contributed by atoms with E-state index in [-0.39, 0.29) is 22.6 Å². The first kappa shape index (κ1) is 24.1. The minimum absolute atomic E-state index is 0.0953. The van der Waals surface area contributed by atoms with Gasteiger partial charge in [0.25, 0.3) is 0 Å². The third-order valence-corrected chi connectivity index (χ3v) is 4.75. The van der Waals surface area contributed by atoms with E-state index in [0.29, 0.717) is 11.1 Å². The molecule has 0 fully saturated rings. The molecule has 0 aliphatic rings. The van der Waals surface area contributed by atoms with Crippen molar-refractivity contribution in [3.8, 4) is 11.1 Å². The average molecular weight is 473 g/mol. The van der Waals surface area contributed by atoms with Gasteiger partial charge in [-0.2, -0.15) is 13.2 Å². The summed E-state index contributed by atoms with van der Waals surface area (Å²) in [6.07, 6.45) is -6.15. The Bertz CT molecular complexity index is 1260. The molecule has 0 radical (unpaired) electrons. The molecule has 3 rings (SSSR count). The van der Waals surface area contributed by atoms with Crippen molar-refractivity contribution in [2.75, 3.05) is 17.3 Å². The van der Waals surface area contributed by atoms with Gasteiger partial charge in [0, 0.05) is 0 Å². The van der Waals surface area contributed by atoms with Crippen LogP contribution in [0.4, 0.5) is 39.8 Å². The number of carbonyl (C=O) groups is 3. The first-order valence-electron chi connectivity index (χ1n) is 9.61. The van der Waals surface area contributed by atoms with Crippen LogP contribution in [0.3, 0.4) is 0 Å². The number of rotatable bonds is 5. The van der Waals surface area contributed by atoms with Crippen LogP contribution < -0.4 is 16.0 Å². The molecule has 0 heterocycles. The lowest BCUT2D eigenvalue weighted by Gasteiger charge is -2.24. The van der Waals surface area contributed by atoms with Gasteiger partial charge in [-0.1, -0.05) is 24.3 Å². The number of carboxylic acid groups (broad SMARTS) is 1. The van der Waals surface area contributed by atoms with Crippen LogP contribution in [0, 0.1) is 0 Å². The van der Waals surface area contributed by atoms with E-state index in [9.17, 15) is 32.7 Å². The number of nitrogens with two attached hydrogens (primary N) is 1. The van der Waals surface area contributed by atoms with Gasteiger partial charge in [0.15, 0.2) is 0 Å². The number of hydrogen-bond acceptors (Lipinski definition) is 4. The number of primary amides is 1. The van der Waals surface area contributed by atoms with Crippen molar-refractivity contribution < 1.29 is 37.4 Å². The molecule has 0 unspecified atom stereocenters. The van der Waals surface area contributed by atoms with Crippen LogP contribution in [0.15, 0.2) is 66.7 Å². The molecule has 0 spiro atoms. The normalized spacial score (nSPS) is 10.9. The van der Waals surface area contributed by atoms with Crippen molar-refractivity contribution in [2.24, 2.45) is 5.73 Å². The van der Waals surface area contributed by atoms with Crippen LogP contribution >= 0.6 is 0 Å². The summed E-state index contributed by atoms with van der Waals surface area (Å²) < 4.78 is 44.2. The van der Waals surface area contributed by atoms with Crippen LogP contribution in [-0.2, 0) is 10.9 Å². The van der Waals surface area contributed by atoms with Gasteiger partial charge in [0.05, 0.1) is 35.3 Å². The number of esters is 1. The van der Waals surface area contributed by atoms with E-state index in [0.717, 1.165) is 23.1 Å². The summed E-state index contributed by atoms with van der Waals surface area (Å²) in [6.45, 7) is 0. The Kier molecular flexibility index (Phi) is 6.76. The number of ether oxygens (including phenoxy) is 1. The third-order valence-electron chi connectivity index (χ3n) is 4.75. The third kappa shape index (κ3) is 5.26. The lowest BCUT2D eigenvalue weighted by atomic mass is 10.0. The van der Waals surface area contributed by atoms with Crippen LogP contribution in [0.1, 0.15) is 15.9 Å². The summed E-state index contributed by atoms with van der Waals surface area (Å²) in [4.78, 5) is 36.2. The number of nitrogens with zero attached hydrogens (tertiary/aromatic N) is 1. The monoisotopic (exact) mass is 473 g/mol. The van der Waals surface area contributed by atoms with Crippen molar-refractivity contribution in [1.29, 1.82) is 0 Å². The van der Waals surface area contributed by atoms with Crippen LogP contribution in [-0.4, -0.2) is 30.3 Å². The summed E-state index contributed by atoms with van der Waals surface area (Å²) in [5.41, 5.74) is 5.24. The van der Waals surface area contributed by atoms with Gasteiger partial charge in [-0.3, -0.25) is 10.2 Å². The highest BCUT2D eigenvalue weighted by Crippen LogP contribution is 2.38. The van der Waals surface area contributed by atoms with Gasteiger partial charge in [0.1, 0.15) is 0 Å². The summed E-state index contributed by atoms with van der Waals surface area (Å²) in [7, 11) is 1.23. The SMILES string of the molecule is COC(=O)c1cccc(-c2ccc(N(C(N)=O)c3cccc(C(F)(F)F)c3)c(NC(=O)O)c2)c1. The number of nitrogens with one attached hydrogen (secondary N) is 1. The Hall–Kier alpha value is -4.54. The Balaban J connectivity index is 2.14. The zero-order valence-corrected chi connectivity index (χ0v) is 17.6. The van der Waals surface area contributed by atoms with Crippen LogP contribution in [0.25, 0.3) is 11.1 Å². The van der Waals surface area contributed by atoms with E-state index in [1.165, 1.54) is 43.5 Å². The number of alkyl halides is 3. The Morgan fingerprint density at radius 2 is 1.65 bits per heavy atom. The summed E-state index contributed by atoms with van der Waals surface area (Å²) in [5, 5.41) is 11.4. The number of hydrogen-bond donors (Lipinski definition) is 3. The fraction of sp³-hybridized carbons (Fsp3) is 0.0870. The zero-order chi connectivity index (χ0) is 25.0. The Morgan fingerprint density at radius 3 is 2.26 bits per heavy atom. The maximum absolute atomic E-state index is 13.2. The molecule has 4 N–H and O–H groups in total. The number of anilines is 3. The van der Waals surface area contributed by atoms with E-state index < -0.39 is 29.8 Å². The molecular weight excluding hydrogens is 455 g/mol. The molecule has 34 heavy (non-hydrogen) atoms. The number of halogens is 3. The lowest BCUT2D eigenvalue weighted by molar-refractivity contribution is -0.137. The maximum atomic E-state index is 13.2. The fourth-order valence-electron chi connectivity index (χ4n) is 3.28. The highest BCUT2D eigenvalue weighted by Gasteiger charge is 2.31. The van der Waals surface area contributed by atoms with Gasteiger partial charge < -0.3 is 15.6 Å². The van der Waals surface area contributed by atoms with Crippen LogP contribution in [0.5, 0.6) is 0 Å². The van der Waals surface area contributed by atoms with E-state index in [1.54, 1.807) is 12.1 Å². The van der Waals surface area contributed by atoms with E-state index in [4.69, 9.17) is 10.5 Å². The van der Waals surface area contributed by atoms with Crippen molar-refractivity contribution in [1.82, 2.24) is 0 Å². The van der Waals surface area contributed by atoms with Gasteiger partial charge in [-0.25, -0.2) is 14.4 Å². The molecule has 0 saturated heterocycles. The number of urea groups is 1. The van der Waals surface area contributed by atoms with Gasteiger partial charge in [-0.15, -0.1) is 0 Å². The predicted octanol–water partition coefficient (Wildman–Crippen LogP) is 5.47. The second-order valence-electron chi connectivity index (χ2n) is 6.96. The maximum Gasteiger partial charge on any atom is 0.416 e. The molecule has 0 aromatic heterocycles. The molecule has 3 aromatic carbocycles. The molecule has 3 amide bonds. The first-order chi connectivity index (χ1) is 16.0. The van der Waals surface area contributed by atoms with Crippen molar-refractivity contribution in [3.63, 3.8) is 0 Å². The van der Waals surface area contributed by atoms with Crippen LogP contribution in [0.2, 0.25) is 0 Å². The Morgan fingerprint density at radius 1 is 0.971 bits per heavy atom. The second kappa shape index (κ2) is 9.53. The number of benzene rings is 3.